The van der Waals surface area contributed by atoms with Crippen LogP contribution in [0.15, 0.2) is 54.9 Å². The van der Waals surface area contributed by atoms with Gasteiger partial charge in [0.1, 0.15) is 6.61 Å². The second-order valence-corrected chi connectivity index (χ2v) is 3.26. The van der Waals surface area contributed by atoms with Crippen molar-refractivity contribution in [3.63, 3.8) is 0 Å². The van der Waals surface area contributed by atoms with Crippen molar-refractivity contribution in [3.05, 3.63) is 60.4 Å². The molecule has 0 saturated heterocycles. The van der Waals surface area contributed by atoms with Crippen LogP contribution in [-0.4, -0.2) is 10.8 Å². The van der Waals surface area contributed by atoms with Gasteiger partial charge in [-0.25, -0.2) is 10.2 Å². The van der Waals surface area contributed by atoms with Gasteiger partial charge in [-0.3, -0.25) is 4.68 Å². The van der Waals surface area contributed by atoms with Gasteiger partial charge in [0.15, 0.2) is 0 Å². The van der Waals surface area contributed by atoms with E-state index in [0.29, 0.717) is 0 Å². The summed E-state index contributed by atoms with van der Waals surface area (Å²) in [4.78, 5) is 11.3. The van der Waals surface area contributed by atoms with Crippen LogP contribution in [0.5, 0.6) is 0 Å². The van der Waals surface area contributed by atoms with Crippen LogP contribution in [0.2, 0.25) is 0 Å². The molecule has 0 radical (unpaired) electrons. The lowest BCUT2D eigenvalue weighted by Gasteiger charge is -2.07. The van der Waals surface area contributed by atoms with Crippen molar-refractivity contribution in [2.75, 3.05) is 5.43 Å². The summed E-state index contributed by atoms with van der Waals surface area (Å²) in [6.07, 6.45) is 2.98. The molecule has 0 saturated carbocycles. The first-order valence-electron chi connectivity index (χ1n) is 4.95. The van der Waals surface area contributed by atoms with Crippen molar-refractivity contribution in [2.45, 2.75) is 6.61 Å². The van der Waals surface area contributed by atoms with Gasteiger partial charge in [0.05, 0.1) is 0 Å². The number of ether oxygens (including phenoxy) is 1. The molecule has 1 N–H and O–H groups in total. The first-order valence-corrected chi connectivity index (χ1v) is 4.95. The van der Waals surface area contributed by atoms with E-state index in [1.54, 1.807) is 12.4 Å². The highest BCUT2D eigenvalue weighted by atomic mass is 16.6. The second kappa shape index (κ2) is 5.02. The van der Waals surface area contributed by atoms with Crippen LogP contribution < -0.4 is 5.43 Å². The molecule has 4 nitrogen and oxygen atoms in total. The molecule has 1 heterocycles. The molecule has 2 rings (SSSR count). The van der Waals surface area contributed by atoms with E-state index in [9.17, 15) is 4.79 Å². The third-order valence-corrected chi connectivity index (χ3v) is 2.04. The number of nitrogens with one attached hydrogen (secondary N) is 1. The summed E-state index contributed by atoms with van der Waals surface area (Å²) in [6, 6.07) is 13.2. The summed E-state index contributed by atoms with van der Waals surface area (Å²) >= 11 is 0. The van der Waals surface area contributed by atoms with Crippen LogP contribution >= 0.6 is 0 Å². The Morgan fingerprint density at radius 2 is 1.81 bits per heavy atom. The third-order valence-electron chi connectivity index (χ3n) is 2.04. The van der Waals surface area contributed by atoms with E-state index in [1.165, 1.54) is 4.68 Å². The average molecular weight is 216 g/mol. The van der Waals surface area contributed by atoms with E-state index in [1.807, 2.05) is 42.5 Å². The van der Waals surface area contributed by atoms with Gasteiger partial charge in [0, 0.05) is 12.4 Å². The van der Waals surface area contributed by atoms with Gasteiger partial charge in [-0.1, -0.05) is 30.3 Å². The monoisotopic (exact) mass is 216 g/mol. The minimum atomic E-state index is -0.472. The Morgan fingerprint density at radius 3 is 2.50 bits per heavy atom. The molecular formula is C12H12N2O2. The van der Waals surface area contributed by atoms with Gasteiger partial charge in [0.2, 0.25) is 0 Å². The number of hydrogen-bond acceptors (Lipinski definition) is 2. The van der Waals surface area contributed by atoms with Crippen LogP contribution in [0.3, 0.4) is 0 Å². The normalized spacial score (nSPS) is 9.75. The summed E-state index contributed by atoms with van der Waals surface area (Å²) in [6.45, 7) is 0.272. The van der Waals surface area contributed by atoms with Crippen LogP contribution in [0, 0.1) is 0 Å². The quantitative estimate of drug-likeness (QED) is 0.855. The molecule has 0 aliphatic rings. The molecule has 0 spiro atoms. The van der Waals surface area contributed by atoms with E-state index in [2.05, 4.69) is 5.43 Å². The standard InChI is InChI=1S/C12H12N2O2/c15-12(13-14-8-4-5-9-14)16-10-11-6-2-1-3-7-11/h1-9H,10H2,(H,13,15). The SMILES string of the molecule is O=C(Nn1cccc1)OCc1ccccc1. The van der Waals surface area contributed by atoms with Gasteiger partial charge in [-0.15, -0.1) is 0 Å². The maximum absolute atomic E-state index is 11.3. The van der Waals surface area contributed by atoms with Gasteiger partial charge in [0.25, 0.3) is 0 Å². The summed E-state index contributed by atoms with van der Waals surface area (Å²) < 4.78 is 6.57. The van der Waals surface area contributed by atoms with E-state index >= 15 is 0 Å². The zero-order valence-electron chi connectivity index (χ0n) is 8.67. The number of carbonyl (C=O) groups excluding carboxylic acids is 1. The number of benzene rings is 1. The number of carbonyl (C=O) groups is 1. The Bertz CT molecular complexity index is 437. The Labute approximate surface area is 93.4 Å². The Kier molecular flexibility index (Phi) is 3.23. The van der Waals surface area contributed by atoms with Crippen LogP contribution in [0.4, 0.5) is 4.79 Å². The molecule has 1 aromatic carbocycles. The Balaban J connectivity index is 1.80. The lowest BCUT2D eigenvalue weighted by molar-refractivity contribution is 0.151. The van der Waals surface area contributed by atoms with Gasteiger partial charge in [-0.2, -0.15) is 0 Å². The molecule has 0 unspecified atom stereocenters. The molecule has 1 amide bonds. The molecule has 2 aromatic rings. The van der Waals surface area contributed by atoms with Crippen molar-refractivity contribution >= 4 is 6.09 Å². The smallest absolute Gasteiger partial charge is 0.426 e. The maximum Gasteiger partial charge on any atom is 0.426 e. The molecule has 0 bridgehead atoms. The van der Waals surface area contributed by atoms with Crippen LogP contribution in [-0.2, 0) is 11.3 Å². The number of rotatable bonds is 3. The summed E-state index contributed by atoms with van der Waals surface area (Å²) in [7, 11) is 0. The summed E-state index contributed by atoms with van der Waals surface area (Å²) in [5.41, 5.74) is 3.51. The molecule has 0 fully saturated rings. The van der Waals surface area contributed by atoms with E-state index < -0.39 is 6.09 Å². The lowest BCUT2D eigenvalue weighted by Crippen LogP contribution is -2.22. The van der Waals surface area contributed by atoms with Gasteiger partial charge >= 0.3 is 6.09 Å². The highest BCUT2D eigenvalue weighted by molar-refractivity contribution is 5.75. The predicted molar refractivity (Wildman–Crippen MR) is 60.4 cm³/mol. The molecule has 82 valence electrons. The largest absolute Gasteiger partial charge is 0.443 e. The van der Waals surface area contributed by atoms with Gasteiger partial charge < -0.3 is 4.74 Å². The molecular weight excluding hydrogens is 204 g/mol. The predicted octanol–water partition coefficient (Wildman–Crippen LogP) is 2.37. The molecule has 0 aliphatic carbocycles. The van der Waals surface area contributed by atoms with Crippen molar-refractivity contribution in [2.24, 2.45) is 0 Å². The highest BCUT2D eigenvalue weighted by Gasteiger charge is 2.01. The number of nitrogens with zero attached hydrogens (tertiary/aromatic N) is 1. The molecule has 16 heavy (non-hydrogen) atoms. The first-order chi connectivity index (χ1) is 7.84. The molecule has 4 heteroatoms. The summed E-state index contributed by atoms with van der Waals surface area (Å²) in [5.74, 6) is 0. The van der Waals surface area contributed by atoms with E-state index in [0.717, 1.165) is 5.56 Å². The minimum absolute atomic E-state index is 0.272. The van der Waals surface area contributed by atoms with Gasteiger partial charge in [-0.05, 0) is 17.7 Å². The van der Waals surface area contributed by atoms with Crippen molar-refractivity contribution in [1.82, 2.24) is 4.68 Å². The van der Waals surface area contributed by atoms with Crippen molar-refractivity contribution in [1.29, 1.82) is 0 Å². The first kappa shape index (κ1) is 10.3. The fourth-order valence-corrected chi connectivity index (χ4v) is 1.27. The topological polar surface area (TPSA) is 43.3 Å². The third kappa shape index (κ3) is 2.88. The fraction of sp³-hybridized carbons (Fsp3) is 0.0833. The molecule has 0 atom stereocenters. The average Bonchev–Trinajstić information content (AvgIpc) is 2.81. The lowest BCUT2D eigenvalue weighted by atomic mass is 10.2. The van der Waals surface area contributed by atoms with E-state index in [-0.39, 0.29) is 6.61 Å². The Morgan fingerprint density at radius 1 is 1.12 bits per heavy atom. The zero-order chi connectivity index (χ0) is 11.2. The number of hydrogen-bond donors (Lipinski definition) is 1. The number of amides is 1. The van der Waals surface area contributed by atoms with E-state index in [4.69, 9.17) is 4.74 Å². The van der Waals surface area contributed by atoms with Crippen LogP contribution in [0.1, 0.15) is 5.56 Å². The maximum atomic E-state index is 11.3. The molecule has 1 aromatic heterocycles. The Hall–Kier alpha value is -2.23. The van der Waals surface area contributed by atoms with Crippen molar-refractivity contribution in [3.8, 4) is 0 Å². The van der Waals surface area contributed by atoms with Crippen LogP contribution in [0.25, 0.3) is 0 Å². The fourth-order valence-electron chi connectivity index (χ4n) is 1.27. The second-order valence-electron chi connectivity index (χ2n) is 3.26. The van der Waals surface area contributed by atoms with Crippen molar-refractivity contribution < 1.29 is 9.53 Å². The minimum Gasteiger partial charge on any atom is -0.443 e. The zero-order valence-corrected chi connectivity index (χ0v) is 8.67. The highest BCUT2D eigenvalue weighted by Crippen LogP contribution is 2.00. The summed E-state index contributed by atoms with van der Waals surface area (Å²) in [5, 5.41) is 0. The molecule has 0 aliphatic heterocycles. The number of aromatic nitrogens is 1.